The van der Waals surface area contributed by atoms with Crippen LogP contribution in [0.1, 0.15) is 28.1 Å². The van der Waals surface area contributed by atoms with Crippen LogP contribution in [0.25, 0.3) is 0 Å². The predicted octanol–water partition coefficient (Wildman–Crippen LogP) is 5.38. The van der Waals surface area contributed by atoms with Gasteiger partial charge in [0.2, 0.25) is 11.6 Å². The predicted molar refractivity (Wildman–Crippen MR) is 121 cm³/mol. The molecule has 0 fully saturated rings. The Kier molecular flexibility index (Phi) is 6.99. The summed E-state index contributed by atoms with van der Waals surface area (Å²) in [5.41, 5.74) is -1.31. The van der Waals surface area contributed by atoms with Gasteiger partial charge in [-0.1, -0.05) is 6.07 Å². The van der Waals surface area contributed by atoms with Gasteiger partial charge >= 0.3 is 11.9 Å². The third-order valence-corrected chi connectivity index (χ3v) is 5.30. The molecule has 1 N–H and O–H groups in total. The molecule has 0 unspecified atom stereocenters. The second-order valence-electron chi connectivity index (χ2n) is 8.02. The Hall–Kier alpha value is -4.49. The van der Waals surface area contributed by atoms with Crippen molar-refractivity contribution in [2.24, 2.45) is 0 Å². The standard InChI is InChI=1S/C22H20F3N5O6/c1-11-5-12(2)13(3)18(6-11)36-17-8-15(7-16(9-17)29(32)33)26-19(31)10-28-14(4)20(30(34)35)21(27-28)22(23,24)25/h5-9H,10H2,1-4H3,(H,26,31). The molecule has 0 atom stereocenters. The zero-order chi connectivity index (χ0) is 26.9. The van der Waals surface area contributed by atoms with E-state index >= 15 is 0 Å². The number of alkyl halides is 3. The van der Waals surface area contributed by atoms with Gasteiger partial charge < -0.3 is 10.1 Å². The molecule has 0 aliphatic heterocycles. The van der Waals surface area contributed by atoms with Gasteiger partial charge in [0, 0.05) is 12.1 Å². The number of hydrogen-bond donors (Lipinski definition) is 1. The number of aromatic nitrogens is 2. The zero-order valence-electron chi connectivity index (χ0n) is 19.5. The highest BCUT2D eigenvalue weighted by Crippen LogP contribution is 2.37. The van der Waals surface area contributed by atoms with Crippen LogP contribution in [0.2, 0.25) is 0 Å². The molecule has 3 rings (SSSR count). The molecule has 36 heavy (non-hydrogen) atoms. The van der Waals surface area contributed by atoms with Gasteiger partial charge in [-0.2, -0.15) is 18.3 Å². The van der Waals surface area contributed by atoms with E-state index in [0.717, 1.165) is 35.7 Å². The summed E-state index contributed by atoms with van der Waals surface area (Å²) in [5, 5.41) is 28.0. The number of rotatable bonds is 7. The summed E-state index contributed by atoms with van der Waals surface area (Å²) < 4.78 is 45.8. The number of halogens is 3. The molecule has 0 radical (unpaired) electrons. The number of anilines is 1. The molecule has 1 heterocycles. The summed E-state index contributed by atoms with van der Waals surface area (Å²) in [7, 11) is 0. The van der Waals surface area contributed by atoms with Crippen LogP contribution in [0.5, 0.6) is 11.5 Å². The fourth-order valence-electron chi connectivity index (χ4n) is 3.49. The molecule has 0 saturated carbocycles. The molecule has 11 nitrogen and oxygen atoms in total. The van der Waals surface area contributed by atoms with Crippen molar-refractivity contribution in [2.75, 3.05) is 5.32 Å². The van der Waals surface area contributed by atoms with E-state index in [-0.39, 0.29) is 11.4 Å². The average molecular weight is 507 g/mol. The summed E-state index contributed by atoms with van der Waals surface area (Å²) in [6.45, 7) is 5.76. The zero-order valence-corrected chi connectivity index (χ0v) is 19.5. The number of nitrogens with one attached hydrogen (secondary N) is 1. The molecular formula is C22H20F3N5O6. The summed E-state index contributed by atoms with van der Waals surface area (Å²) in [6.07, 6.45) is -5.10. The number of aryl methyl sites for hydroxylation is 2. The highest BCUT2D eigenvalue weighted by molar-refractivity contribution is 5.91. The number of non-ortho nitro benzene ring substituents is 1. The van der Waals surface area contributed by atoms with Gasteiger partial charge in [-0.15, -0.1) is 0 Å². The Morgan fingerprint density at radius 2 is 1.72 bits per heavy atom. The monoisotopic (exact) mass is 507 g/mol. The lowest BCUT2D eigenvalue weighted by molar-refractivity contribution is -0.388. The minimum absolute atomic E-state index is 0.0397. The van der Waals surface area contributed by atoms with Gasteiger partial charge in [0.15, 0.2) is 0 Å². The Labute approximate surface area is 201 Å². The summed E-state index contributed by atoms with van der Waals surface area (Å²) in [4.78, 5) is 33.1. The smallest absolute Gasteiger partial charge is 0.442 e. The number of amides is 1. The van der Waals surface area contributed by atoms with Crippen LogP contribution in [0.3, 0.4) is 0 Å². The first-order valence-corrected chi connectivity index (χ1v) is 10.3. The minimum Gasteiger partial charge on any atom is -0.457 e. The maximum atomic E-state index is 13.1. The second-order valence-corrected chi connectivity index (χ2v) is 8.02. The number of nitro groups is 2. The molecule has 14 heteroatoms. The Morgan fingerprint density at radius 1 is 1.06 bits per heavy atom. The number of carbonyl (C=O) groups is 1. The van der Waals surface area contributed by atoms with Crippen molar-refractivity contribution in [1.82, 2.24) is 9.78 Å². The molecule has 0 aliphatic carbocycles. The fourth-order valence-corrected chi connectivity index (χ4v) is 3.49. The topological polar surface area (TPSA) is 142 Å². The van der Waals surface area contributed by atoms with Crippen LogP contribution >= 0.6 is 0 Å². The van der Waals surface area contributed by atoms with E-state index in [2.05, 4.69) is 10.4 Å². The molecular weight excluding hydrogens is 487 g/mol. The lowest BCUT2D eigenvalue weighted by atomic mass is 10.1. The number of hydrogen-bond acceptors (Lipinski definition) is 7. The minimum atomic E-state index is -5.10. The van der Waals surface area contributed by atoms with E-state index in [9.17, 15) is 38.2 Å². The van der Waals surface area contributed by atoms with Crippen LogP contribution in [-0.2, 0) is 17.5 Å². The summed E-state index contributed by atoms with van der Waals surface area (Å²) in [5.74, 6) is -0.430. The Bertz CT molecular complexity index is 1380. The van der Waals surface area contributed by atoms with Crippen LogP contribution < -0.4 is 10.1 Å². The average Bonchev–Trinajstić information content (AvgIpc) is 3.08. The lowest BCUT2D eigenvalue weighted by Crippen LogP contribution is -2.21. The summed E-state index contributed by atoms with van der Waals surface area (Å²) in [6, 6.07) is 7.18. The second kappa shape index (κ2) is 9.64. The normalized spacial score (nSPS) is 11.3. The molecule has 2 aromatic carbocycles. The molecule has 0 saturated heterocycles. The number of benzene rings is 2. The van der Waals surface area contributed by atoms with Crippen LogP contribution in [0.15, 0.2) is 30.3 Å². The van der Waals surface area contributed by atoms with Gasteiger partial charge in [-0.25, -0.2) is 0 Å². The van der Waals surface area contributed by atoms with Crippen molar-refractivity contribution in [1.29, 1.82) is 0 Å². The largest absolute Gasteiger partial charge is 0.457 e. The van der Waals surface area contributed by atoms with E-state index in [1.807, 2.05) is 26.8 Å². The Morgan fingerprint density at radius 3 is 2.28 bits per heavy atom. The molecule has 3 aromatic rings. The van der Waals surface area contributed by atoms with Crippen molar-refractivity contribution >= 4 is 23.0 Å². The lowest BCUT2D eigenvalue weighted by Gasteiger charge is -2.13. The van der Waals surface area contributed by atoms with Crippen LogP contribution in [0.4, 0.5) is 30.2 Å². The number of nitro benzene ring substituents is 1. The summed E-state index contributed by atoms with van der Waals surface area (Å²) >= 11 is 0. The molecule has 1 aromatic heterocycles. The third kappa shape index (κ3) is 5.59. The van der Waals surface area contributed by atoms with Crippen LogP contribution in [0, 0.1) is 47.9 Å². The van der Waals surface area contributed by atoms with E-state index in [1.54, 1.807) is 6.07 Å². The maximum Gasteiger partial charge on any atom is 0.442 e. The van der Waals surface area contributed by atoms with Crippen molar-refractivity contribution in [3.63, 3.8) is 0 Å². The van der Waals surface area contributed by atoms with Gasteiger partial charge in [0.1, 0.15) is 23.7 Å². The van der Waals surface area contributed by atoms with Crippen molar-refractivity contribution in [3.8, 4) is 11.5 Å². The molecule has 0 spiro atoms. The van der Waals surface area contributed by atoms with Crippen molar-refractivity contribution in [2.45, 2.75) is 40.4 Å². The maximum absolute atomic E-state index is 13.1. The molecule has 0 aliphatic rings. The number of carbonyl (C=O) groups excluding carboxylic acids is 1. The van der Waals surface area contributed by atoms with E-state index in [0.29, 0.717) is 10.4 Å². The van der Waals surface area contributed by atoms with Crippen molar-refractivity contribution in [3.05, 3.63) is 78.6 Å². The highest BCUT2D eigenvalue weighted by Gasteiger charge is 2.44. The first-order valence-electron chi connectivity index (χ1n) is 10.3. The number of nitrogens with zero attached hydrogens (tertiary/aromatic N) is 4. The van der Waals surface area contributed by atoms with E-state index in [1.165, 1.54) is 6.07 Å². The third-order valence-electron chi connectivity index (χ3n) is 5.30. The van der Waals surface area contributed by atoms with Gasteiger partial charge in [0.25, 0.3) is 5.69 Å². The van der Waals surface area contributed by atoms with E-state index in [4.69, 9.17) is 4.74 Å². The first kappa shape index (κ1) is 26.1. The quantitative estimate of drug-likeness (QED) is 0.334. The molecule has 1 amide bonds. The number of ether oxygens (including phenoxy) is 1. The SMILES string of the molecule is Cc1cc(C)c(C)c(Oc2cc(NC(=O)Cn3nc(C(F)(F)F)c([N+](=O)[O-])c3C)cc([N+](=O)[O-])c2)c1. The van der Waals surface area contributed by atoms with Gasteiger partial charge in [0.05, 0.1) is 21.6 Å². The first-order chi connectivity index (χ1) is 16.7. The molecule has 0 bridgehead atoms. The van der Waals surface area contributed by atoms with Crippen molar-refractivity contribution < 1.29 is 32.5 Å². The van der Waals surface area contributed by atoms with Crippen LogP contribution in [-0.4, -0.2) is 25.5 Å². The highest BCUT2D eigenvalue weighted by atomic mass is 19.4. The Balaban J connectivity index is 1.90. The fraction of sp³-hybridized carbons (Fsp3) is 0.273. The van der Waals surface area contributed by atoms with E-state index < -0.39 is 51.2 Å². The molecule has 190 valence electrons. The van der Waals surface area contributed by atoms with Gasteiger partial charge in [-0.3, -0.25) is 29.7 Å². The van der Waals surface area contributed by atoms with Gasteiger partial charge in [-0.05, 0) is 50.5 Å².